The molecular formula is C12H20N2O3. The van der Waals surface area contributed by atoms with Gasteiger partial charge in [0.1, 0.15) is 5.60 Å². The molecular weight excluding hydrogens is 220 g/mol. The largest absolute Gasteiger partial charge is 0.444 e. The number of Topliss-reactive ketones (excluding diaryl/α,β-unsaturated/α-hetero) is 1. The first-order valence-electron chi connectivity index (χ1n) is 5.57. The van der Waals surface area contributed by atoms with Crippen molar-refractivity contribution in [1.29, 1.82) is 0 Å². The number of hydrogen-bond acceptors (Lipinski definition) is 4. The molecule has 0 bridgehead atoms. The van der Waals surface area contributed by atoms with Gasteiger partial charge >= 0.3 is 6.09 Å². The van der Waals surface area contributed by atoms with E-state index >= 15 is 0 Å². The highest BCUT2D eigenvalue weighted by Crippen LogP contribution is 2.16. The van der Waals surface area contributed by atoms with Crippen molar-refractivity contribution in [2.45, 2.75) is 26.4 Å². The monoisotopic (exact) mass is 240 g/mol. The highest BCUT2D eigenvalue weighted by atomic mass is 16.6. The van der Waals surface area contributed by atoms with E-state index in [0.29, 0.717) is 12.1 Å². The third-order valence-electron chi connectivity index (χ3n) is 2.12. The van der Waals surface area contributed by atoms with Gasteiger partial charge in [-0.3, -0.25) is 9.69 Å². The summed E-state index contributed by atoms with van der Waals surface area (Å²) in [4.78, 5) is 26.6. The summed E-state index contributed by atoms with van der Waals surface area (Å²) in [5.41, 5.74) is 0.106. The summed E-state index contributed by atoms with van der Waals surface area (Å²) >= 11 is 0. The maximum atomic E-state index is 11.7. The van der Waals surface area contributed by atoms with Crippen LogP contribution in [0.15, 0.2) is 11.8 Å². The quantitative estimate of drug-likeness (QED) is 0.647. The van der Waals surface area contributed by atoms with Crippen molar-refractivity contribution in [1.82, 2.24) is 9.80 Å². The fourth-order valence-electron chi connectivity index (χ4n) is 1.50. The lowest BCUT2D eigenvalue weighted by atomic mass is 10.2. The summed E-state index contributed by atoms with van der Waals surface area (Å²) < 4.78 is 5.22. The number of amides is 1. The van der Waals surface area contributed by atoms with Gasteiger partial charge in [0, 0.05) is 25.9 Å². The Labute approximate surface area is 102 Å². The maximum Gasteiger partial charge on any atom is 0.411 e. The van der Waals surface area contributed by atoms with Gasteiger partial charge in [0.2, 0.25) is 0 Å². The zero-order valence-corrected chi connectivity index (χ0v) is 11.1. The van der Waals surface area contributed by atoms with Crippen molar-refractivity contribution < 1.29 is 14.3 Å². The van der Waals surface area contributed by atoms with E-state index in [2.05, 4.69) is 0 Å². The van der Waals surface area contributed by atoms with Crippen LogP contribution in [0.1, 0.15) is 20.8 Å². The second-order valence-corrected chi connectivity index (χ2v) is 5.38. The Kier molecular flexibility index (Phi) is 3.80. The third kappa shape index (κ3) is 4.09. The average Bonchev–Trinajstić information content (AvgIpc) is 2.44. The van der Waals surface area contributed by atoms with Gasteiger partial charge in [-0.1, -0.05) is 0 Å². The van der Waals surface area contributed by atoms with Crippen LogP contribution in [0.25, 0.3) is 0 Å². The topological polar surface area (TPSA) is 49.9 Å². The maximum absolute atomic E-state index is 11.7. The van der Waals surface area contributed by atoms with Crippen molar-refractivity contribution >= 4 is 11.9 Å². The number of carbonyl (C=O) groups is 2. The number of likely N-dealkylation sites (tertiary alicyclic amines) is 1. The minimum Gasteiger partial charge on any atom is -0.444 e. The van der Waals surface area contributed by atoms with E-state index in [0.717, 1.165) is 0 Å². The van der Waals surface area contributed by atoms with E-state index in [1.807, 2.05) is 14.1 Å². The van der Waals surface area contributed by atoms with E-state index < -0.39 is 11.7 Å². The first kappa shape index (κ1) is 13.5. The molecule has 1 aliphatic heterocycles. The molecule has 0 saturated carbocycles. The Bertz CT molecular complexity index is 353. The molecule has 96 valence electrons. The van der Waals surface area contributed by atoms with E-state index in [1.54, 1.807) is 31.9 Å². The van der Waals surface area contributed by atoms with Gasteiger partial charge < -0.3 is 9.64 Å². The minimum absolute atomic E-state index is 0.0236. The summed E-state index contributed by atoms with van der Waals surface area (Å²) in [6, 6.07) is 0. The molecule has 5 heteroatoms. The summed E-state index contributed by atoms with van der Waals surface area (Å²) in [5.74, 6) is -0.0236. The van der Waals surface area contributed by atoms with Crippen LogP contribution in [-0.4, -0.2) is 54.5 Å². The minimum atomic E-state index is -0.534. The first-order chi connectivity index (χ1) is 7.69. The molecule has 1 rings (SSSR count). The van der Waals surface area contributed by atoms with Crippen LogP contribution in [0, 0.1) is 0 Å². The average molecular weight is 240 g/mol. The Hall–Kier alpha value is -1.52. The first-order valence-corrected chi connectivity index (χ1v) is 5.57. The Morgan fingerprint density at radius 1 is 1.35 bits per heavy atom. The molecule has 0 spiro atoms. The number of hydrogen-bond donors (Lipinski definition) is 0. The molecule has 5 nitrogen and oxygen atoms in total. The molecule has 0 aromatic carbocycles. The number of nitrogens with zero attached hydrogens (tertiary/aromatic N) is 2. The number of carbonyl (C=O) groups excluding carboxylic acids is 2. The molecule has 0 aromatic rings. The molecule has 0 aliphatic carbocycles. The molecule has 0 aromatic heterocycles. The van der Waals surface area contributed by atoms with Gasteiger partial charge in [0.05, 0.1) is 13.1 Å². The molecule has 0 radical (unpaired) electrons. The SMILES string of the molecule is CN(C)/C=C1\CN(C(=O)OC(C)(C)C)CC1=O. The van der Waals surface area contributed by atoms with E-state index in [1.165, 1.54) is 4.90 Å². The van der Waals surface area contributed by atoms with Gasteiger partial charge in [-0.2, -0.15) is 0 Å². The highest BCUT2D eigenvalue weighted by Gasteiger charge is 2.31. The van der Waals surface area contributed by atoms with Gasteiger partial charge in [0.25, 0.3) is 0 Å². The smallest absolute Gasteiger partial charge is 0.411 e. The predicted octanol–water partition coefficient (Wildman–Crippen LogP) is 1.25. The number of ether oxygens (including phenoxy) is 1. The van der Waals surface area contributed by atoms with Crippen LogP contribution in [0.3, 0.4) is 0 Å². The summed E-state index contributed by atoms with van der Waals surface area (Å²) in [6.07, 6.45) is 1.31. The van der Waals surface area contributed by atoms with Gasteiger partial charge in [0.15, 0.2) is 5.78 Å². The van der Waals surface area contributed by atoms with Crippen LogP contribution < -0.4 is 0 Å². The molecule has 0 unspecified atom stereocenters. The number of ketones is 1. The summed E-state index contributed by atoms with van der Waals surface area (Å²) in [6.45, 7) is 5.85. The van der Waals surface area contributed by atoms with E-state index in [-0.39, 0.29) is 12.3 Å². The Morgan fingerprint density at radius 3 is 2.41 bits per heavy atom. The summed E-state index contributed by atoms with van der Waals surface area (Å²) in [7, 11) is 3.69. The van der Waals surface area contributed by atoms with Gasteiger partial charge in [-0.05, 0) is 20.8 Å². The molecule has 1 amide bonds. The fourth-order valence-corrected chi connectivity index (χ4v) is 1.50. The molecule has 1 aliphatic rings. The standard InChI is InChI=1S/C12H20N2O3/c1-12(2,3)17-11(16)14-7-9(6-13(4)5)10(15)8-14/h6H,7-8H2,1-5H3/b9-6+. The van der Waals surface area contributed by atoms with Crippen LogP contribution >= 0.6 is 0 Å². The molecule has 1 saturated heterocycles. The van der Waals surface area contributed by atoms with Crippen LogP contribution in [0.2, 0.25) is 0 Å². The Balaban J connectivity index is 2.66. The Morgan fingerprint density at radius 2 is 1.94 bits per heavy atom. The fraction of sp³-hybridized carbons (Fsp3) is 0.667. The van der Waals surface area contributed by atoms with Crippen molar-refractivity contribution in [2.24, 2.45) is 0 Å². The second-order valence-electron chi connectivity index (χ2n) is 5.38. The lowest BCUT2D eigenvalue weighted by Crippen LogP contribution is -2.35. The second kappa shape index (κ2) is 4.77. The zero-order chi connectivity index (χ0) is 13.2. The molecule has 1 fully saturated rings. The van der Waals surface area contributed by atoms with Crippen molar-refractivity contribution in [3.63, 3.8) is 0 Å². The third-order valence-corrected chi connectivity index (χ3v) is 2.12. The molecule has 1 heterocycles. The van der Waals surface area contributed by atoms with E-state index in [4.69, 9.17) is 4.74 Å². The van der Waals surface area contributed by atoms with E-state index in [9.17, 15) is 9.59 Å². The lowest BCUT2D eigenvalue weighted by molar-refractivity contribution is -0.114. The molecule has 0 N–H and O–H groups in total. The normalized spacial score (nSPS) is 18.8. The van der Waals surface area contributed by atoms with Crippen LogP contribution in [0.4, 0.5) is 4.79 Å². The molecule has 17 heavy (non-hydrogen) atoms. The van der Waals surface area contributed by atoms with Crippen molar-refractivity contribution in [3.8, 4) is 0 Å². The van der Waals surface area contributed by atoms with Crippen molar-refractivity contribution in [2.75, 3.05) is 27.2 Å². The zero-order valence-electron chi connectivity index (χ0n) is 11.1. The lowest BCUT2D eigenvalue weighted by Gasteiger charge is -2.23. The van der Waals surface area contributed by atoms with Gasteiger partial charge in [-0.15, -0.1) is 0 Å². The predicted molar refractivity (Wildman–Crippen MR) is 64.6 cm³/mol. The van der Waals surface area contributed by atoms with Crippen LogP contribution in [-0.2, 0) is 9.53 Å². The summed E-state index contributed by atoms with van der Waals surface area (Å²) in [5, 5.41) is 0. The van der Waals surface area contributed by atoms with Crippen LogP contribution in [0.5, 0.6) is 0 Å². The highest BCUT2D eigenvalue weighted by molar-refractivity contribution is 6.01. The van der Waals surface area contributed by atoms with Crippen molar-refractivity contribution in [3.05, 3.63) is 11.8 Å². The number of rotatable bonds is 1. The van der Waals surface area contributed by atoms with Gasteiger partial charge in [-0.25, -0.2) is 4.79 Å². The molecule has 0 atom stereocenters.